The predicted octanol–water partition coefficient (Wildman–Crippen LogP) is 3.43. The fourth-order valence-corrected chi connectivity index (χ4v) is 2.59. The summed E-state index contributed by atoms with van der Waals surface area (Å²) in [5, 5.41) is 4.71. The van der Waals surface area contributed by atoms with Crippen molar-refractivity contribution in [2.75, 3.05) is 7.11 Å². The third-order valence-corrected chi connectivity index (χ3v) is 3.89. The van der Waals surface area contributed by atoms with Crippen molar-refractivity contribution in [1.82, 2.24) is 5.32 Å². The molecule has 1 aromatic carbocycles. The van der Waals surface area contributed by atoms with Gasteiger partial charge in [-0.25, -0.2) is 0 Å². The second-order valence-electron chi connectivity index (χ2n) is 3.95. The molecule has 100 valence electrons. The molecule has 5 heteroatoms. The van der Waals surface area contributed by atoms with Crippen molar-refractivity contribution in [3.8, 4) is 5.75 Å². The van der Waals surface area contributed by atoms with Crippen molar-refractivity contribution in [1.29, 1.82) is 0 Å². The van der Waals surface area contributed by atoms with Crippen LogP contribution in [0.25, 0.3) is 0 Å². The Balaban J connectivity index is 1.96. The molecule has 0 spiro atoms. The second kappa shape index (κ2) is 6.59. The highest BCUT2D eigenvalue weighted by molar-refractivity contribution is 7.12. The average molecular weight is 296 g/mol. The van der Waals surface area contributed by atoms with Crippen LogP contribution in [0.2, 0.25) is 0 Å². The van der Waals surface area contributed by atoms with Crippen molar-refractivity contribution >= 4 is 28.8 Å². The first kappa shape index (κ1) is 13.9. The smallest absolute Gasteiger partial charge is 0.265 e. The van der Waals surface area contributed by atoms with E-state index in [9.17, 15) is 4.79 Å². The van der Waals surface area contributed by atoms with Gasteiger partial charge in [-0.15, -0.1) is 22.9 Å². The summed E-state index contributed by atoms with van der Waals surface area (Å²) in [6.45, 7) is 0.489. The van der Waals surface area contributed by atoms with Gasteiger partial charge in [0.1, 0.15) is 10.6 Å². The number of carbonyl (C=O) groups excluding carboxylic acids is 1. The van der Waals surface area contributed by atoms with Crippen LogP contribution in [0.1, 0.15) is 20.8 Å². The lowest BCUT2D eigenvalue weighted by Gasteiger charge is -2.06. The fraction of sp³-hybridized carbons (Fsp3) is 0.214. The number of thiophene rings is 1. The lowest BCUT2D eigenvalue weighted by molar-refractivity contribution is 0.0952. The summed E-state index contributed by atoms with van der Waals surface area (Å²) in [5.41, 5.74) is 2.11. The number of hydrogen-bond donors (Lipinski definition) is 1. The predicted molar refractivity (Wildman–Crippen MR) is 78.0 cm³/mol. The van der Waals surface area contributed by atoms with Gasteiger partial charge >= 0.3 is 0 Å². The van der Waals surface area contributed by atoms with Crippen LogP contribution in [0.3, 0.4) is 0 Å². The number of rotatable bonds is 5. The van der Waals surface area contributed by atoms with Crippen LogP contribution in [-0.2, 0) is 12.4 Å². The van der Waals surface area contributed by atoms with E-state index in [1.807, 2.05) is 29.6 Å². The molecule has 0 saturated carbocycles. The zero-order valence-corrected chi connectivity index (χ0v) is 12.1. The van der Waals surface area contributed by atoms with Gasteiger partial charge in [-0.3, -0.25) is 4.79 Å². The number of nitrogens with one attached hydrogen (secondary N) is 1. The summed E-state index contributed by atoms with van der Waals surface area (Å²) in [6.07, 6.45) is 0. The van der Waals surface area contributed by atoms with Crippen LogP contribution in [0, 0.1) is 0 Å². The Kier molecular flexibility index (Phi) is 4.82. The standard InChI is InChI=1S/C14H14ClNO2S/c1-18-12-6-7-19-13(12)14(17)16-9-11-4-2-10(8-15)3-5-11/h2-7H,8-9H2,1H3,(H,16,17). The molecule has 0 saturated heterocycles. The van der Waals surface area contributed by atoms with Gasteiger partial charge in [-0.2, -0.15) is 0 Å². The number of methoxy groups -OCH3 is 1. The fourth-order valence-electron chi connectivity index (χ4n) is 1.63. The number of amides is 1. The van der Waals surface area contributed by atoms with Gasteiger partial charge in [0.15, 0.2) is 0 Å². The molecule has 0 aliphatic heterocycles. The van der Waals surface area contributed by atoms with Crippen molar-refractivity contribution in [2.24, 2.45) is 0 Å². The Hall–Kier alpha value is -1.52. The molecule has 1 aromatic heterocycles. The monoisotopic (exact) mass is 295 g/mol. The van der Waals surface area contributed by atoms with Gasteiger partial charge in [0.2, 0.25) is 0 Å². The zero-order chi connectivity index (χ0) is 13.7. The van der Waals surface area contributed by atoms with Crippen molar-refractivity contribution in [3.63, 3.8) is 0 Å². The van der Waals surface area contributed by atoms with Crippen LogP contribution in [0.4, 0.5) is 0 Å². The summed E-state index contributed by atoms with van der Waals surface area (Å²) in [4.78, 5) is 12.6. The molecule has 19 heavy (non-hydrogen) atoms. The third-order valence-electron chi connectivity index (χ3n) is 2.69. The van der Waals surface area contributed by atoms with E-state index in [2.05, 4.69) is 5.32 Å². The number of ether oxygens (including phenoxy) is 1. The van der Waals surface area contributed by atoms with E-state index < -0.39 is 0 Å². The lowest BCUT2D eigenvalue weighted by Crippen LogP contribution is -2.22. The van der Waals surface area contributed by atoms with Crippen LogP contribution in [-0.4, -0.2) is 13.0 Å². The molecule has 3 nitrogen and oxygen atoms in total. The molecule has 0 aliphatic rings. The van der Waals surface area contributed by atoms with E-state index in [1.165, 1.54) is 11.3 Å². The molecule has 2 rings (SSSR count). The highest BCUT2D eigenvalue weighted by Gasteiger charge is 2.13. The maximum atomic E-state index is 12.0. The quantitative estimate of drug-likeness (QED) is 0.858. The minimum atomic E-state index is -0.117. The van der Waals surface area contributed by atoms with Gasteiger partial charge in [0, 0.05) is 12.4 Å². The summed E-state index contributed by atoms with van der Waals surface area (Å²) in [7, 11) is 1.56. The number of hydrogen-bond acceptors (Lipinski definition) is 3. The molecule has 1 amide bonds. The van der Waals surface area contributed by atoms with E-state index in [0.717, 1.165) is 11.1 Å². The largest absolute Gasteiger partial charge is 0.495 e. The van der Waals surface area contributed by atoms with Crippen LogP contribution >= 0.6 is 22.9 Å². The normalized spacial score (nSPS) is 10.2. The third kappa shape index (κ3) is 3.49. The Bertz CT molecular complexity index is 551. The number of carbonyl (C=O) groups is 1. The van der Waals surface area contributed by atoms with E-state index >= 15 is 0 Å². The SMILES string of the molecule is COc1ccsc1C(=O)NCc1ccc(CCl)cc1. The minimum Gasteiger partial charge on any atom is -0.495 e. The zero-order valence-electron chi connectivity index (χ0n) is 10.5. The molecule has 1 heterocycles. The Morgan fingerprint density at radius 1 is 1.26 bits per heavy atom. The molecule has 0 radical (unpaired) electrons. The summed E-state index contributed by atoms with van der Waals surface area (Å²) in [5.74, 6) is 0.993. The Morgan fingerprint density at radius 2 is 1.95 bits per heavy atom. The minimum absolute atomic E-state index is 0.117. The topological polar surface area (TPSA) is 38.3 Å². The first-order chi connectivity index (χ1) is 9.24. The van der Waals surface area contributed by atoms with E-state index in [0.29, 0.717) is 23.1 Å². The maximum absolute atomic E-state index is 12.0. The molecule has 0 fully saturated rings. The molecule has 1 N–H and O–H groups in total. The van der Waals surface area contributed by atoms with Crippen LogP contribution < -0.4 is 10.1 Å². The lowest BCUT2D eigenvalue weighted by atomic mass is 10.1. The van der Waals surface area contributed by atoms with Crippen molar-refractivity contribution in [2.45, 2.75) is 12.4 Å². The van der Waals surface area contributed by atoms with Crippen LogP contribution in [0.15, 0.2) is 35.7 Å². The van der Waals surface area contributed by atoms with Gasteiger partial charge < -0.3 is 10.1 Å². The Morgan fingerprint density at radius 3 is 2.58 bits per heavy atom. The van der Waals surface area contributed by atoms with Gasteiger partial charge in [0.05, 0.1) is 7.11 Å². The molecular weight excluding hydrogens is 282 g/mol. The molecule has 0 bridgehead atoms. The molecule has 0 aliphatic carbocycles. The van der Waals surface area contributed by atoms with Gasteiger partial charge in [-0.05, 0) is 22.6 Å². The number of alkyl halides is 1. The summed E-state index contributed by atoms with van der Waals surface area (Å²) < 4.78 is 5.12. The second-order valence-corrected chi connectivity index (χ2v) is 5.13. The van der Waals surface area contributed by atoms with E-state index in [1.54, 1.807) is 13.2 Å². The Labute approximate surface area is 121 Å². The first-order valence-corrected chi connectivity index (χ1v) is 7.19. The van der Waals surface area contributed by atoms with Crippen molar-refractivity contribution in [3.05, 3.63) is 51.7 Å². The summed E-state index contributed by atoms with van der Waals surface area (Å²) in [6, 6.07) is 9.63. The highest BCUT2D eigenvalue weighted by Crippen LogP contribution is 2.24. The average Bonchev–Trinajstić information content (AvgIpc) is 2.93. The molecule has 2 aromatic rings. The van der Waals surface area contributed by atoms with Crippen LogP contribution in [0.5, 0.6) is 5.75 Å². The van der Waals surface area contributed by atoms with E-state index in [4.69, 9.17) is 16.3 Å². The summed E-state index contributed by atoms with van der Waals surface area (Å²) >= 11 is 7.09. The first-order valence-electron chi connectivity index (χ1n) is 5.78. The molecular formula is C14H14ClNO2S. The molecule has 0 unspecified atom stereocenters. The highest BCUT2D eigenvalue weighted by atomic mass is 35.5. The molecule has 0 atom stereocenters. The van der Waals surface area contributed by atoms with Gasteiger partial charge in [0.25, 0.3) is 5.91 Å². The van der Waals surface area contributed by atoms with Crippen molar-refractivity contribution < 1.29 is 9.53 Å². The van der Waals surface area contributed by atoms with Gasteiger partial charge in [-0.1, -0.05) is 24.3 Å². The maximum Gasteiger partial charge on any atom is 0.265 e. The number of benzene rings is 1. The van der Waals surface area contributed by atoms with E-state index in [-0.39, 0.29) is 5.91 Å². The number of halogens is 1.